The number of nitrogens with zero attached hydrogens (tertiary/aromatic N) is 3. The molecule has 234 valence electrons. The first-order valence-corrected chi connectivity index (χ1v) is 16.9. The summed E-state index contributed by atoms with van der Waals surface area (Å²) in [5, 5.41) is 40.5. The number of hydrogen-bond donors (Lipinski definition) is 3. The molecule has 6 nitrogen and oxygen atoms in total. The van der Waals surface area contributed by atoms with E-state index in [1.807, 2.05) is 36.4 Å². The summed E-state index contributed by atoms with van der Waals surface area (Å²) >= 11 is 1.34. The highest BCUT2D eigenvalue weighted by Gasteiger charge is 2.27. The Labute approximate surface area is 286 Å². The molecular weight excluding hydrogens is 625 g/mol. The number of phenols is 3. The van der Waals surface area contributed by atoms with E-state index in [9.17, 15) is 15.3 Å². The Kier molecular flexibility index (Phi) is 6.64. The molecule has 0 spiro atoms. The van der Waals surface area contributed by atoms with Crippen LogP contribution in [0.4, 0.5) is 0 Å². The standard InChI is InChI=1S/C41H28BN3O3S/c1-43-41(44-21-22-9-3-2-4-10-22)24-15-18-25(19-16-24)45-29-20-17-23-11-5-6-12-26(23)30(29)31-32-33-36(46)34(42)37(47)38(48)40(33)49-39(32)28-14-8-7-13-27(28)35(31)45/h3,5-20,46-48H,1-2,4,21H2. The number of hydrogen-bond acceptors (Lipinski definition) is 5. The molecule has 0 amide bonds. The quantitative estimate of drug-likeness (QED) is 0.0582. The van der Waals surface area contributed by atoms with Crippen molar-refractivity contribution < 1.29 is 15.3 Å². The van der Waals surface area contributed by atoms with Gasteiger partial charge < -0.3 is 19.9 Å². The summed E-state index contributed by atoms with van der Waals surface area (Å²) in [7, 11) is 6.18. The number of amidine groups is 1. The lowest BCUT2D eigenvalue weighted by atomic mass is 9.89. The van der Waals surface area contributed by atoms with E-state index < -0.39 is 5.75 Å². The van der Waals surface area contributed by atoms with Crippen molar-refractivity contribution in [2.75, 3.05) is 6.54 Å². The van der Waals surface area contributed by atoms with Gasteiger partial charge in [0.15, 0.2) is 17.3 Å². The summed E-state index contributed by atoms with van der Waals surface area (Å²) in [6, 6.07) is 28.9. The summed E-state index contributed by atoms with van der Waals surface area (Å²) in [5.41, 5.74) is 4.68. The summed E-state index contributed by atoms with van der Waals surface area (Å²) in [6.45, 7) is 4.36. The number of fused-ring (bicyclic) bond motifs is 12. The van der Waals surface area contributed by atoms with Crippen molar-refractivity contribution in [3.63, 3.8) is 0 Å². The average molecular weight is 654 g/mol. The first-order valence-electron chi connectivity index (χ1n) is 16.1. The fraction of sp³-hybridized carbons (Fsp3) is 0.0732. The second-order valence-electron chi connectivity index (χ2n) is 12.4. The van der Waals surface area contributed by atoms with Crippen LogP contribution in [-0.2, 0) is 0 Å². The van der Waals surface area contributed by atoms with Crippen LogP contribution in [0.1, 0.15) is 18.4 Å². The predicted octanol–water partition coefficient (Wildman–Crippen LogP) is 9.09. The Morgan fingerprint density at radius 2 is 1.51 bits per heavy atom. The molecule has 49 heavy (non-hydrogen) atoms. The molecule has 0 saturated carbocycles. The SMILES string of the molecule is [B]c1c(O)c(O)c2sc3c4ccccc4c4c(c3c2c1O)c1c2ccccc2ccc1n4-c1ccc(C(N=C)=NCC2=CCCC=C2)cc1. The van der Waals surface area contributed by atoms with Crippen LogP contribution in [0, 0.1) is 0 Å². The van der Waals surface area contributed by atoms with Gasteiger partial charge >= 0.3 is 0 Å². The van der Waals surface area contributed by atoms with Crippen LogP contribution in [0.2, 0.25) is 0 Å². The number of aromatic nitrogens is 1. The summed E-state index contributed by atoms with van der Waals surface area (Å²) < 4.78 is 3.53. The maximum Gasteiger partial charge on any atom is 0.175 e. The van der Waals surface area contributed by atoms with E-state index in [2.05, 4.69) is 83.0 Å². The van der Waals surface area contributed by atoms with E-state index in [1.165, 1.54) is 16.9 Å². The minimum absolute atomic E-state index is 0.248. The van der Waals surface area contributed by atoms with Crippen LogP contribution in [-0.4, -0.2) is 46.8 Å². The average Bonchev–Trinajstić information content (AvgIpc) is 3.72. The maximum absolute atomic E-state index is 11.5. The predicted molar refractivity (Wildman–Crippen MR) is 206 cm³/mol. The van der Waals surface area contributed by atoms with Gasteiger partial charge in [-0.3, -0.25) is 4.99 Å². The van der Waals surface area contributed by atoms with Crippen LogP contribution in [0.25, 0.3) is 69.2 Å². The Hall–Kier alpha value is -5.86. The van der Waals surface area contributed by atoms with Crippen molar-refractivity contribution in [3.05, 3.63) is 114 Å². The molecule has 2 heterocycles. The molecule has 2 radical (unpaired) electrons. The minimum Gasteiger partial charge on any atom is -0.508 e. The lowest BCUT2D eigenvalue weighted by molar-refractivity contribution is 0.407. The second kappa shape index (κ2) is 11.1. The molecule has 0 atom stereocenters. The Balaban J connectivity index is 1.40. The fourth-order valence-electron chi connectivity index (χ4n) is 7.39. The molecule has 0 unspecified atom stereocenters. The zero-order chi connectivity index (χ0) is 33.4. The molecule has 0 bridgehead atoms. The van der Waals surface area contributed by atoms with Gasteiger partial charge in [0.1, 0.15) is 13.6 Å². The Morgan fingerprint density at radius 1 is 0.755 bits per heavy atom. The van der Waals surface area contributed by atoms with Crippen molar-refractivity contribution in [2.24, 2.45) is 9.98 Å². The maximum atomic E-state index is 11.5. The van der Waals surface area contributed by atoms with Crippen LogP contribution >= 0.6 is 11.3 Å². The summed E-state index contributed by atoms with van der Waals surface area (Å²) in [5.74, 6) is -0.513. The molecule has 6 aromatic carbocycles. The number of phenolic OH excluding ortho intramolecular Hbond substituents is 3. The molecule has 2 aromatic heterocycles. The van der Waals surface area contributed by atoms with E-state index >= 15 is 0 Å². The second-order valence-corrected chi connectivity index (χ2v) is 13.4. The van der Waals surface area contributed by atoms with Crippen molar-refractivity contribution in [1.29, 1.82) is 0 Å². The van der Waals surface area contributed by atoms with Crippen molar-refractivity contribution in [2.45, 2.75) is 12.8 Å². The molecule has 8 heteroatoms. The van der Waals surface area contributed by atoms with E-state index in [0.717, 1.165) is 77.5 Å². The normalized spacial score (nSPS) is 13.8. The van der Waals surface area contributed by atoms with Gasteiger partial charge in [-0.05, 0) is 71.7 Å². The smallest absolute Gasteiger partial charge is 0.175 e. The first kappa shape index (κ1) is 29.3. The Bertz CT molecular complexity index is 2810. The molecule has 0 saturated heterocycles. The van der Waals surface area contributed by atoms with Gasteiger partial charge in [0.25, 0.3) is 0 Å². The van der Waals surface area contributed by atoms with Crippen LogP contribution in [0.3, 0.4) is 0 Å². The fourth-order valence-corrected chi connectivity index (χ4v) is 8.68. The third-order valence-electron chi connectivity index (χ3n) is 9.65. The van der Waals surface area contributed by atoms with Gasteiger partial charge in [-0.2, -0.15) is 0 Å². The van der Waals surface area contributed by atoms with E-state index in [-0.39, 0.29) is 17.0 Å². The zero-order valence-corrected chi connectivity index (χ0v) is 27.1. The highest BCUT2D eigenvalue weighted by molar-refractivity contribution is 7.27. The number of benzene rings is 6. The highest BCUT2D eigenvalue weighted by Crippen LogP contribution is 2.53. The molecule has 1 aliphatic carbocycles. The van der Waals surface area contributed by atoms with Gasteiger partial charge in [-0.15, -0.1) is 11.3 Å². The molecule has 9 rings (SSSR count). The van der Waals surface area contributed by atoms with E-state index in [4.69, 9.17) is 12.8 Å². The van der Waals surface area contributed by atoms with E-state index in [0.29, 0.717) is 22.5 Å². The van der Waals surface area contributed by atoms with Gasteiger partial charge in [-0.25, -0.2) is 4.99 Å². The van der Waals surface area contributed by atoms with Crippen LogP contribution in [0.15, 0.2) is 119 Å². The molecule has 1 aliphatic rings. The van der Waals surface area contributed by atoms with Gasteiger partial charge in [0.05, 0.1) is 22.3 Å². The van der Waals surface area contributed by atoms with Crippen LogP contribution in [0.5, 0.6) is 17.2 Å². The highest BCUT2D eigenvalue weighted by atomic mass is 32.1. The Morgan fingerprint density at radius 3 is 2.27 bits per heavy atom. The summed E-state index contributed by atoms with van der Waals surface area (Å²) in [6.07, 6.45) is 8.60. The number of allylic oxidation sites excluding steroid dienone is 2. The third-order valence-corrected chi connectivity index (χ3v) is 10.9. The third kappa shape index (κ3) is 4.27. The molecular formula is C41H28BN3O3S. The number of thiophene rings is 1. The van der Waals surface area contributed by atoms with Crippen LogP contribution < -0.4 is 5.46 Å². The summed E-state index contributed by atoms with van der Waals surface area (Å²) in [4.78, 5) is 9.05. The number of aromatic hydroxyl groups is 3. The first-order chi connectivity index (χ1) is 24.0. The molecule has 0 aliphatic heterocycles. The molecule has 3 N–H and O–H groups in total. The largest absolute Gasteiger partial charge is 0.508 e. The lowest BCUT2D eigenvalue weighted by Crippen LogP contribution is -2.03. The number of rotatable bonds is 4. The lowest BCUT2D eigenvalue weighted by Gasteiger charge is -2.12. The number of aliphatic imine (C=N–C) groups is 2. The van der Waals surface area contributed by atoms with Crippen molar-refractivity contribution >= 4 is 101 Å². The minimum atomic E-state index is -0.520. The molecule has 8 aromatic rings. The van der Waals surface area contributed by atoms with Gasteiger partial charge in [0, 0.05) is 48.3 Å². The van der Waals surface area contributed by atoms with Crippen molar-refractivity contribution in [1.82, 2.24) is 4.57 Å². The van der Waals surface area contributed by atoms with Gasteiger partial charge in [-0.1, -0.05) is 72.8 Å². The topological polar surface area (TPSA) is 90.3 Å². The monoisotopic (exact) mass is 653 g/mol. The van der Waals surface area contributed by atoms with Crippen molar-refractivity contribution in [3.8, 4) is 22.9 Å². The van der Waals surface area contributed by atoms with Gasteiger partial charge in [0.2, 0.25) is 0 Å². The molecule has 0 fully saturated rings. The van der Waals surface area contributed by atoms with E-state index in [1.54, 1.807) is 0 Å². The zero-order valence-electron chi connectivity index (χ0n) is 26.3.